The van der Waals surface area contributed by atoms with E-state index in [-0.39, 0.29) is 10.8 Å². The molecule has 1 aromatic heterocycles. The zero-order valence-corrected chi connectivity index (χ0v) is 20.9. The summed E-state index contributed by atoms with van der Waals surface area (Å²) in [5, 5.41) is 9.67. The van der Waals surface area contributed by atoms with Crippen LogP contribution in [0, 0.1) is 4.71 Å². The summed E-state index contributed by atoms with van der Waals surface area (Å²) < 4.78 is 44.7. The molecule has 0 unspecified atom stereocenters. The largest absolute Gasteiger partial charge is 0.478 e. The van der Waals surface area contributed by atoms with Crippen LogP contribution in [-0.2, 0) is 15.6 Å². The van der Waals surface area contributed by atoms with Crippen LogP contribution in [0.25, 0.3) is 17.0 Å². The van der Waals surface area contributed by atoms with Crippen LogP contribution in [0.2, 0.25) is 0 Å². The molecule has 4 rings (SSSR count). The molecule has 0 fully saturated rings. The topological polar surface area (TPSA) is 53.7 Å². The number of carboxylic acid groups (broad SMARTS) is 1. The molecule has 4 nitrogen and oxygen atoms in total. The second kappa shape index (κ2) is 8.66. The Morgan fingerprint density at radius 3 is 2.37 bits per heavy atom. The van der Waals surface area contributed by atoms with E-state index in [4.69, 9.17) is 21.7 Å². The summed E-state index contributed by atoms with van der Waals surface area (Å²) in [6.07, 6.45) is 3.19. The van der Waals surface area contributed by atoms with E-state index in [0.29, 0.717) is 16.3 Å². The van der Waals surface area contributed by atoms with Gasteiger partial charge in [0.15, 0.2) is 4.71 Å². The van der Waals surface area contributed by atoms with Crippen molar-refractivity contribution in [1.29, 1.82) is 0 Å². The van der Waals surface area contributed by atoms with Gasteiger partial charge in [-0.25, -0.2) is 4.79 Å². The molecule has 0 spiro atoms. The van der Waals surface area contributed by atoms with E-state index < -0.39 is 17.7 Å². The molecular formula is C27H28F3NO3S. The van der Waals surface area contributed by atoms with Crippen molar-refractivity contribution in [1.82, 2.24) is 0 Å². The number of aliphatic carboxylic acids is 1. The number of hydrogen-bond acceptors (Lipinski definition) is 4. The second-order valence-corrected chi connectivity index (χ2v) is 10.8. The van der Waals surface area contributed by atoms with Crippen LogP contribution < -0.4 is 4.90 Å². The fourth-order valence-electron chi connectivity index (χ4n) is 4.95. The smallest absolute Gasteiger partial charge is 0.423 e. The third-order valence-electron chi connectivity index (χ3n) is 7.05. The van der Waals surface area contributed by atoms with E-state index in [1.54, 1.807) is 6.08 Å². The molecule has 186 valence electrons. The van der Waals surface area contributed by atoms with Crippen molar-refractivity contribution in [3.8, 4) is 0 Å². The summed E-state index contributed by atoms with van der Waals surface area (Å²) in [6.45, 7) is 11.0. The van der Waals surface area contributed by atoms with Gasteiger partial charge in [0.2, 0.25) is 0 Å². The molecule has 0 amide bonds. The van der Waals surface area contributed by atoms with E-state index in [0.717, 1.165) is 43.0 Å². The summed E-state index contributed by atoms with van der Waals surface area (Å²) in [5.74, 6) is -2.02. The van der Waals surface area contributed by atoms with E-state index in [1.807, 2.05) is 6.07 Å². The van der Waals surface area contributed by atoms with Gasteiger partial charge in [-0.1, -0.05) is 52.0 Å². The number of hydrogen-bond donors (Lipinski definition) is 1. The first-order valence-corrected chi connectivity index (χ1v) is 11.9. The van der Waals surface area contributed by atoms with E-state index in [2.05, 4.69) is 38.7 Å². The summed E-state index contributed by atoms with van der Waals surface area (Å²) in [4.78, 5) is 13.3. The average Bonchev–Trinajstić information content (AvgIpc) is 2.73. The van der Waals surface area contributed by atoms with Gasteiger partial charge in [0, 0.05) is 35.3 Å². The Morgan fingerprint density at radius 1 is 1.09 bits per heavy atom. The molecule has 3 heterocycles. The highest BCUT2D eigenvalue weighted by Gasteiger charge is 2.42. The molecule has 0 radical (unpaired) electrons. The molecule has 2 aliphatic rings. The number of alkyl halides is 3. The number of nitrogens with zero attached hydrogens (tertiary/aromatic N) is 1. The van der Waals surface area contributed by atoms with E-state index >= 15 is 0 Å². The fraction of sp³-hybridized carbons (Fsp3) is 0.407. The Kier molecular flexibility index (Phi) is 6.24. The molecule has 1 aromatic carbocycles. The number of benzene rings is 1. The predicted molar refractivity (Wildman–Crippen MR) is 134 cm³/mol. The quantitative estimate of drug-likeness (QED) is 0.266. The lowest BCUT2D eigenvalue weighted by Crippen LogP contribution is -2.44. The number of fused-ring (bicyclic) bond motifs is 2. The number of carbonyl (C=O) groups is 1. The molecule has 0 atom stereocenters. The van der Waals surface area contributed by atoms with Crippen molar-refractivity contribution in [2.75, 3.05) is 18.0 Å². The molecule has 0 saturated carbocycles. The Balaban J connectivity index is 1.78. The summed E-state index contributed by atoms with van der Waals surface area (Å²) in [7, 11) is 0. The van der Waals surface area contributed by atoms with Gasteiger partial charge >= 0.3 is 12.1 Å². The minimum Gasteiger partial charge on any atom is -0.478 e. The highest BCUT2D eigenvalue weighted by atomic mass is 32.1. The van der Waals surface area contributed by atoms with Crippen molar-refractivity contribution < 1.29 is 27.5 Å². The van der Waals surface area contributed by atoms with Gasteiger partial charge < -0.3 is 14.4 Å². The zero-order valence-electron chi connectivity index (χ0n) is 20.1. The van der Waals surface area contributed by atoms with Crippen LogP contribution >= 0.6 is 12.2 Å². The zero-order chi connectivity index (χ0) is 25.8. The number of carboxylic acids is 1. The standard InChI is InChI=1S/C27H28F3NO3S/c1-25(2)10-12-31-13-11-26(3,4)20-21(31)19(25)15-17-14-16(24(35)34-22(17)20)8-6-5-7-9-18(23(32)33)27(28,29)30/h5-9,14-15H,10-13H2,1-4H3,(H,32,33). The molecule has 2 aliphatic heterocycles. The summed E-state index contributed by atoms with van der Waals surface area (Å²) in [5.41, 5.74) is 3.45. The van der Waals surface area contributed by atoms with E-state index in [1.165, 1.54) is 29.0 Å². The molecule has 35 heavy (non-hydrogen) atoms. The lowest BCUT2D eigenvalue weighted by atomic mass is 9.69. The van der Waals surface area contributed by atoms with Gasteiger partial charge in [0.05, 0.1) is 0 Å². The number of halogens is 3. The van der Waals surface area contributed by atoms with Gasteiger partial charge in [0.25, 0.3) is 0 Å². The molecule has 0 bridgehead atoms. The van der Waals surface area contributed by atoms with Gasteiger partial charge in [0.1, 0.15) is 11.2 Å². The highest BCUT2D eigenvalue weighted by molar-refractivity contribution is 7.71. The van der Waals surface area contributed by atoms with Crippen LogP contribution in [0.15, 0.2) is 46.4 Å². The van der Waals surface area contributed by atoms with Crippen molar-refractivity contribution in [3.63, 3.8) is 0 Å². The van der Waals surface area contributed by atoms with Crippen molar-refractivity contribution in [3.05, 3.63) is 63.4 Å². The van der Waals surface area contributed by atoms with Crippen molar-refractivity contribution in [2.24, 2.45) is 0 Å². The lowest BCUT2D eigenvalue weighted by Gasteiger charge is -2.48. The molecule has 0 aliphatic carbocycles. The van der Waals surface area contributed by atoms with Crippen LogP contribution in [0.1, 0.15) is 57.2 Å². The monoisotopic (exact) mass is 503 g/mol. The average molecular weight is 504 g/mol. The van der Waals surface area contributed by atoms with Gasteiger partial charge in [-0.2, -0.15) is 13.2 Å². The van der Waals surface area contributed by atoms with Crippen molar-refractivity contribution in [2.45, 2.75) is 57.5 Å². The Morgan fingerprint density at radius 2 is 1.74 bits per heavy atom. The van der Waals surface area contributed by atoms with Gasteiger partial charge in [-0.3, -0.25) is 0 Å². The Hall–Kier alpha value is -2.87. The lowest BCUT2D eigenvalue weighted by molar-refractivity contribution is -0.144. The first kappa shape index (κ1) is 25.2. The Labute approximate surface area is 207 Å². The maximum atomic E-state index is 12.7. The third-order valence-corrected chi connectivity index (χ3v) is 7.37. The number of allylic oxidation sites excluding steroid dienone is 4. The summed E-state index contributed by atoms with van der Waals surface area (Å²) in [6, 6.07) is 4.13. The maximum absolute atomic E-state index is 12.7. The first-order valence-electron chi connectivity index (χ1n) is 11.5. The normalized spacial score (nSPS) is 19.5. The minimum absolute atomic E-state index is 0.0141. The van der Waals surface area contributed by atoms with E-state index in [9.17, 15) is 18.0 Å². The fourth-order valence-corrected chi connectivity index (χ4v) is 5.16. The molecule has 1 N–H and O–H groups in total. The van der Waals surface area contributed by atoms with Gasteiger partial charge in [-0.05, 0) is 59.7 Å². The highest BCUT2D eigenvalue weighted by Crippen LogP contribution is 2.51. The second-order valence-electron chi connectivity index (χ2n) is 10.4. The van der Waals surface area contributed by atoms with Crippen LogP contribution in [0.3, 0.4) is 0 Å². The number of rotatable bonds is 4. The van der Waals surface area contributed by atoms with Gasteiger partial charge in [-0.15, -0.1) is 0 Å². The Bertz CT molecular complexity index is 1340. The molecule has 0 saturated heterocycles. The van der Waals surface area contributed by atoms with Crippen LogP contribution in [-0.4, -0.2) is 30.3 Å². The molecule has 2 aromatic rings. The van der Waals surface area contributed by atoms with Crippen molar-refractivity contribution >= 4 is 40.9 Å². The number of anilines is 1. The summed E-state index contributed by atoms with van der Waals surface area (Å²) >= 11 is 5.52. The first-order chi connectivity index (χ1) is 16.2. The third kappa shape index (κ3) is 4.68. The SMILES string of the molecule is CC1(C)CCN2CCC(C)(C)c3c2c1cc1cc(C=CC=CC=C(C(=O)O)C(F)(F)F)c(=S)oc31. The molecular weight excluding hydrogens is 475 g/mol. The predicted octanol–water partition coefficient (Wildman–Crippen LogP) is 7.47. The van der Waals surface area contributed by atoms with Crippen LogP contribution in [0.5, 0.6) is 0 Å². The maximum Gasteiger partial charge on any atom is 0.423 e. The minimum atomic E-state index is -4.93. The van der Waals surface area contributed by atoms with Crippen LogP contribution in [0.4, 0.5) is 18.9 Å². The molecule has 8 heteroatoms.